The molecule has 0 aromatic heterocycles. The Hall–Kier alpha value is -2.71. The van der Waals surface area contributed by atoms with Gasteiger partial charge in [0.1, 0.15) is 5.75 Å². The molecule has 3 N–H and O–H groups in total. The van der Waals surface area contributed by atoms with Crippen LogP contribution in [0.3, 0.4) is 0 Å². The topological polar surface area (TPSA) is 100 Å². The minimum Gasteiger partial charge on any atom is -0.496 e. The first-order chi connectivity index (χ1) is 11.6. The maximum absolute atomic E-state index is 12.0. The molecule has 0 aliphatic carbocycles. The lowest BCUT2D eigenvalue weighted by Crippen LogP contribution is -2.19. The van der Waals surface area contributed by atoms with Gasteiger partial charge >= 0.3 is 0 Å². The fraction of sp³-hybridized carbons (Fsp3) is 0.0625. The summed E-state index contributed by atoms with van der Waals surface area (Å²) in [6, 6.07) is 11.6. The molecule has 0 fully saturated rings. The minimum atomic E-state index is -0.683. The molecule has 2 amide bonds. The predicted octanol–water partition coefficient (Wildman–Crippen LogP) is 2.34. The third-order valence-corrected chi connectivity index (χ3v) is 3.76. The molecule has 0 saturated carbocycles. The molecule has 2 aromatic carbocycles. The molecular formula is C16H14BrN3O4. The smallest absolute Gasteiger partial charge is 0.278 e. The molecule has 0 aliphatic heterocycles. The van der Waals surface area contributed by atoms with Crippen LogP contribution in [0.15, 0.2) is 52.0 Å². The zero-order valence-electron chi connectivity index (χ0n) is 12.6. The Morgan fingerprint density at radius 1 is 1.17 bits per heavy atom. The van der Waals surface area contributed by atoms with Crippen molar-refractivity contribution in [2.75, 3.05) is 7.11 Å². The van der Waals surface area contributed by atoms with Crippen LogP contribution in [-0.4, -0.2) is 30.3 Å². The van der Waals surface area contributed by atoms with E-state index in [0.29, 0.717) is 15.6 Å². The fourth-order valence-electron chi connectivity index (χ4n) is 1.91. The number of rotatable bonds is 5. The number of hydrazone groups is 1. The molecule has 0 radical (unpaired) electrons. The lowest BCUT2D eigenvalue weighted by molar-refractivity contribution is 0.0703. The molecule has 7 nitrogen and oxygen atoms in total. The second-order valence-electron chi connectivity index (χ2n) is 4.58. The van der Waals surface area contributed by atoms with Crippen LogP contribution < -0.4 is 15.6 Å². The van der Waals surface area contributed by atoms with E-state index < -0.39 is 5.91 Å². The molecule has 0 aliphatic rings. The monoisotopic (exact) mass is 391 g/mol. The van der Waals surface area contributed by atoms with Gasteiger partial charge in [-0.15, -0.1) is 0 Å². The maximum atomic E-state index is 12.0. The molecule has 24 heavy (non-hydrogen) atoms. The van der Waals surface area contributed by atoms with E-state index in [1.807, 2.05) is 0 Å². The Morgan fingerprint density at radius 2 is 1.92 bits per heavy atom. The van der Waals surface area contributed by atoms with Crippen LogP contribution in [-0.2, 0) is 0 Å². The second kappa shape index (κ2) is 8.23. The number of methoxy groups -OCH3 is 1. The lowest BCUT2D eigenvalue weighted by atomic mass is 10.1. The standard InChI is InChI=1S/C16H14BrN3O4/c1-24-14-8-10(6-7-12(14)16(22)20-23)9-18-19-15(21)11-4-2-3-5-13(11)17/h2-9,23H,1H3,(H,19,21)(H,20,22)/b18-9+. The summed E-state index contributed by atoms with van der Waals surface area (Å²) in [5, 5.41) is 12.6. The number of hydrogen-bond acceptors (Lipinski definition) is 5. The van der Waals surface area contributed by atoms with Gasteiger partial charge in [-0.2, -0.15) is 5.10 Å². The van der Waals surface area contributed by atoms with Crippen molar-refractivity contribution < 1.29 is 19.5 Å². The van der Waals surface area contributed by atoms with Crippen LogP contribution in [0.1, 0.15) is 26.3 Å². The summed E-state index contributed by atoms with van der Waals surface area (Å²) in [6.45, 7) is 0. The quantitative estimate of drug-likeness (QED) is 0.413. The second-order valence-corrected chi connectivity index (χ2v) is 5.43. The Labute approximate surface area is 146 Å². The van der Waals surface area contributed by atoms with Gasteiger partial charge in [-0.25, -0.2) is 10.9 Å². The molecule has 2 aromatic rings. The molecule has 0 heterocycles. The summed E-state index contributed by atoms with van der Waals surface area (Å²) >= 11 is 3.29. The van der Waals surface area contributed by atoms with Gasteiger partial charge in [-0.05, 0) is 45.8 Å². The summed E-state index contributed by atoms with van der Waals surface area (Å²) in [5.41, 5.74) is 5.20. The van der Waals surface area contributed by atoms with Crippen LogP contribution in [0.4, 0.5) is 0 Å². The number of hydroxylamine groups is 1. The van der Waals surface area contributed by atoms with Gasteiger partial charge in [0.2, 0.25) is 0 Å². The third-order valence-electron chi connectivity index (χ3n) is 3.07. The van der Waals surface area contributed by atoms with Crippen LogP contribution in [0.5, 0.6) is 5.75 Å². The van der Waals surface area contributed by atoms with Gasteiger partial charge in [0.15, 0.2) is 0 Å². The average Bonchev–Trinajstić information content (AvgIpc) is 2.61. The predicted molar refractivity (Wildman–Crippen MR) is 91.4 cm³/mol. The highest BCUT2D eigenvalue weighted by Gasteiger charge is 2.11. The van der Waals surface area contributed by atoms with E-state index in [1.165, 1.54) is 19.4 Å². The Bertz CT molecular complexity index is 793. The number of benzene rings is 2. The van der Waals surface area contributed by atoms with E-state index in [9.17, 15) is 9.59 Å². The van der Waals surface area contributed by atoms with E-state index in [4.69, 9.17) is 9.94 Å². The first-order valence-electron chi connectivity index (χ1n) is 6.77. The van der Waals surface area contributed by atoms with Crippen molar-refractivity contribution in [3.8, 4) is 5.75 Å². The van der Waals surface area contributed by atoms with Gasteiger partial charge in [-0.3, -0.25) is 14.8 Å². The minimum absolute atomic E-state index is 0.175. The molecule has 124 valence electrons. The molecule has 0 spiro atoms. The van der Waals surface area contributed by atoms with E-state index in [2.05, 4.69) is 26.5 Å². The molecule has 0 unspecified atom stereocenters. The highest BCUT2D eigenvalue weighted by Crippen LogP contribution is 2.19. The third kappa shape index (κ3) is 4.18. The van der Waals surface area contributed by atoms with Gasteiger partial charge in [0.05, 0.1) is 24.5 Å². The molecule has 8 heteroatoms. The largest absolute Gasteiger partial charge is 0.496 e. The van der Waals surface area contributed by atoms with Crippen LogP contribution in [0, 0.1) is 0 Å². The highest BCUT2D eigenvalue weighted by molar-refractivity contribution is 9.10. The van der Waals surface area contributed by atoms with Crippen LogP contribution in [0.2, 0.25) is 0 Å². The number of hydrogen-bond donors (Lipinski definition) is 3. The number of ether oxygens (including phenoxy) is 1. The first-order valence-corrected chi connectivity index (χ1v) is 7.56. The van der Waals surface area contributed by atoms with Crippen molar-refractivity contribution in [3.05, 3.63) is 63.6 Å². The SMILES string of the molecule is COc1cc(/C=N/NC(=O)c2ccccc2Br)ccc1C(=O)NO. The van der Waals surface area contributed by atoms with Crippen molar-refractivity contribution in [2.24, 2.45) is 5.10 Å². The van der Waals surface area contributed by atoms with Gasteiger partial charge in [-0.1, -0.05) is 18.2 Å². The van der Waals surface area contributed by atoms with Gasteiger partial charge < -0.3 is 4.74 Å². The highest BCUT2D eigenvalue weighted by atomic mass is 79.9. The van der Waals surface area contributed by atoms with E-state index in [0.717, 1.165) is 0 Å². The van der Waals surface area contributed by atoms with Crippen molar-refractivity contribution in [2.45, 2.75) is 0 Å². The Balaban J connectivity index is 2.11. The van der Waals surface area contributed by atoms with Gasteiger partial charge in [0.25, 0.3) is 11.8 Å². The van der Waals surface area contributed by atoms with E-state index in [1.54, 1.807) is 41.9 Å². The summed E-state index contributed by atoms with van der Waals surface area (Å²) in [4.78, 5) is 23.5. The van der Waals surface area contributed by atoms with Crippen LogP contribution in [0.25, 0.3) is 0 Å². The number of nitrogens with one attached hydrogen (secondary N) is 2. The molecule has 0 bridgehead atoms. The molecule has 0 saturated heterocycles. The maximum Gasteiger partial charge on any atom is 0.278 e. The van der Waals surface area contributed by atoms with Gasteiger partial charge in [0, 0.05) is 4.47 Å². The number of carbonyl (C=O) groups excluding carboxylic acids is 2. The number of amides is 2. The van der Waals surface area contributed by atoms with Crippen molar-refractivity contribution in [1.82, 2.24) is 10.9 Å². The lowest BCUT2D eigenvalue weighted by Gasteiger charge is -2.07. The average molecular weight is 392 g/mol. The molecule has 2 rings (SSSR count). The first kappa shape index (κ1) is 17.6. The fourth-order valence-corrected chi connectivity index (χ4v) is 2.37. The van der Waals surface area contributed by atoms with Crippen molar-refractivity contribution in [1.29, 1.82) is 0 Å². The number of nitrogens with zero attached hydrogens (tertiary/aromatic N) is 1. The van der Waals surface area contributed by atoms with E-state index >= 15 is 0 Å². The normalized spacial score (nSPS) is 10.5. The summed E-state index contributed by atoms with van der Waals surface area (Å²) in [5.74, 6) is -0.776. The number of carbonyl (C=O) groups is 2. The zero-order valence-corrected chi connectivity index (χ0v) is 14.2. The Morgan fingerprint density at radius 3 is 2.58 bits per heavy atom. The zero-order chi connectivity index (χ0) is 17.5. The van der Waals surface area contributed by atoms with E-state index in [-0.39, 0.29) is 17.2 Å². The summed E-state index contributed by atoms with van der Waals surface area (Å²) in [6.07, 6.45) is 1.41. The Kier molecular flexibility index (Phi) is 6.05. The van der Waals surface area contributed by atoms with Crippen LogP contribution >= 0.6 is 15.9 Å². The molecule has 0 atom stereocenters. The van der Waals surface area contributed by atoms with Crippen molar-refractivity contribution in [3.63, 3.8) is 0 Å². The number of halogens is 1. The summed E-state index contributed by atoms with van der Waals surface area (Å²) < 4.78 is 5.76. The van der Waals surface area contributed by atoms with Crippen molar-refractivity contribution >= 4 is 34.0 Å². The molecular weight excluding hydrogens is 378 g/mol. The summed E-state index contributed by atoms with van der Waals surface area (Å²) in [7, 11) is 1.40.